The molecule has 2 aromatic rings. The van der Waals surface area contributed by atoms with Crippen molar-refractivity contribution in [2.24, 2.45) is 0 Å². The van der Waals surface area contributed by atoms with E-state index < -0.39 is 0 Å². The molecule has 2 rings (SSSR count). The number of carbonyl (C=O) groups is 1. The Kier molecular flexibility index (Phi) is 3.69. The Hall–Kier alpha value is -2.21. The van der Waals surface area contributed by atoms with Crippen LogP contribution in [0.1, 0.15) is 16.2 Å². The minimum Gasteiger partial charge on any atom is -0.304 e. The molecule has 0 saturated carbocycles. The smallest absolute Gasteiger partial charge is 0.275 e. The molecule has 1 amide bonds. The van der Waals surface area contributed by atoms with Gasteiger partial charge >= 0.3 is 0 Å². The number of amides is 1. The number of nitrogens with zero attached hydrogens (tertiary/aromatic N) is 3. The van der Waals surface area contributed by atoms with Gasteiger partial charge in [0, 0.05) is 18.8 Å². The standard InChI is InChI=1S/C12H15N5O/c1-17(2)8-9-7-11(16-15-9)14-12(18)10-5-3-4-6-13-10/h3-7H,8H2,1-2H3,(H2,14,15,16,18). The van der Waals surface area contributed by atoms with E-state index in [-0.39, 0.29) is 5.91 Å². The van der Waals surface area contributed by atoms with Crippen LogP contribution in [0.4, 0.5) is 5.82 Å². The lowest BCUT2D eigenvalue weighted by Gasteiger charge is -2.05. The minimum absolute atomic E-state index is 0.265. The molecule has 0 aliphatic heterocycles. The number of nitrogens with one attached hydrogen (secondary N) is 2. The number of pyridine rings is 1. The van der Waals surface area contributed by atoms with Gasteiger partial charge in [-0.25, -0.2) is 0 Å². The summed E-state index contributed by atoms with van der Waals surface area (Å²) < 4.78 is 0. The first kappa shape index (κ1) is 12.3. The van der Waals surface area contributed by atoms with Gasteiger partial charge in [0.05, 0.1) is 5.69 Å². The van der Waals surface area contributed by atoms with E-state index in [1.165, 1.54) is 0 Å². The van der Waals surface area contributed by atoms with Crippen LogP contribution in [-0.2, 0) is 6.54 Å². The average molecular weight is 245 g/mol. The van der Waals surface area contributed by atoms with Gasteiger partial charge in [-0.15, -0.1) is 0 Å². The molecular formula is C12H15N5O. The van der Waals surface area contributed by atoms with Crippen LogP contribution in [0.25, 0.3) is 0 Å². The van der Waals surface area contributed by atoms with E-state index in [1.807, 2.05) is 19.0 Å². The summed E-state index contributed by atoms with van der Waals surface area (Å²) in [5.41, 5.74) is 1.31. The highest BCUT2D eigenvalue weighted by molar-refractivity contribution is 6.02. The van der Waals surface area contributed by atoms with Crippen LogP contribution in [0.2, 0.25) is 0 Å². The summed E-state index contributed by atoms with van der Waals surface area (Å²) in [7, 11) is 3.93. The third-order valence-corrected chi connectivity index (χ3v) is 2.26. The summed E-state index contributed by atoms with van der Waals surface area (Å²) in [6.07, 6.45) is 1.58. The van der Waals surface area contributed by atoms with Crippen LogP contribution in [0.3, 0.4) is 0 Å². The fourth-order valence-corrected chi connectivity index (χ4v) is 1.52. The SMILES string of the molecule is CN(C)Cc1cc(NC(=O)c2ccccn2)n[nH]1. The quantitative estimate of drug-likeness (QED) is 0.846. The molecule has 6 nitrogen and oxygen atoms in total. The van der Waals surface area contributed by atoms with Gasteiger partial charge in [-0.05, 0) is 26.2 Å². The summed E-state index contributed by atoms with van der Waals surface area (Å²) >= 11 is 0. The van der Waals surface area contributed by atoms with Crippen molar-refractivity contribution >= 4 is 11.7 Å². The number of rotatable bonds is 4. The zero-order valence-electron chi connectivity index (χ0n) is 10.3. The van der Waals surface area contributed by atoms with Crippen molar-refractivity contribution in [2.45, 2.75) is 6.54 Å². The van der Waals surface area contributed by atoms with Gasteiger partial charge in [0.2, 0.25) is 0 Å². The molecule has 0 unspecified atom stereocenters. The first-order valence-electron chi connectivity index (χ1n) is 5.56. The molecule has 0 aliphatic rings. The largest absolute Gasteiger partial charge is 0.304 e. The monoisotopic (exact) mass is 245 g/mol. The fourth-order valence-electron chi connectivity index (χ4n) is 1.52. The second-order valence-corrected chi connectivity index (χ2v) is 4.19. The predicted molar refractivity (Wildman–Crippen MR) is 68.2 cm³/mol. The van der Waals surface area contributed by atoms with Crippen molar-refractivity contribution in [1.29, 1.82) is 0 Å². The molecule has 2 aromatic heterocycles. The van der Waals surface area contributed by atoms with Gasteiger partial charge in [-0.1, -0.05) is 6.07 Å². The molecule has 2 N–H and O–H groups in total. The lowest BCUT2D eigenvalue weighted by atomic mass is 10.3. The summed E-state index contributed by atoms with van der Waals surface area (Å²) in [4.78, 5) is 17.8. The lowest BCUT2D eigenvalue weighted by Crippen LogP contribution is -2.13. The van der Waals surface area contributed by atoms with Gasteiger partial charge in [0.15, 0.2) is 5.82 Å². The number of hydrogen-bond acceptors (Lipinski definition) is 4. The van der Waals surface area contributed by atoms with Crippen molar-refractivity contribution in [3.05, 3.63) is 41.9 Å². The first-order valence-corrected chi connectivity index (χ1v) is 5.56. The third kappa shape index (κ3) is 3.14. The molecular weight excluding hydrogens is 230 g/mol. The maximum atomic E-state index is 11.8. The van der Waals surface area contributed by atoms with E-state index >= 15 is 0 Å². The second kappa shape index (κ2) is 5.42. The molecule has 0 radical (unpaired) electrons. The molecule has 6 heteroatoms. The highest BCUT2D eigenvalue weighted by atomic mass is 16.1. The zero-order valence-corrected chi connectivity index (χ0v) is 10.3. The molecule has 0 saturated heterocycles. The summed E-state index contributed by atoms with van der Waals surface area (Å²) in [5.74, 6) is 0.237. The van der Waals surface area contributed by atoms with E-state index in [0.717, 1.165) is 12.2 Å². The first-order chi connectivity index (χ1) is 8.65. The Bertz CT molecular complexity index is 520. The molecule has 0 atom stereocenters. The molecule has 0 fully saturated rings. The van der Waals surface area contributed by atoms with Crippen molar-refractivity contribution in [2.75, 3.05) is 19.4 Å². The number of H-pyrrole nitrogens is 1. The zero-order chi connectivity index (χ0) is 13.0. The number of anilines is 1. The van der Waals surface area contributed by atoms with Crippen molar-refractivity contribution in [1.82, 2.24) is 20.1 Å². The van der Waals surface area contributed by atoms with Crippen LogP contribution in [0, 0.1) is 0 Å². The van der Waals surface area contributed by atoms with Gasteiger partial charge < -0.3 is 10.2 Å². The summed E-state index contributed by atoms with van der Waals surface area (Å²) in [5, 5.41) is 9.58. The third-order valence-electron chi connectivity index (χ3n) is 2.26. The van der Waals surface area contributed by atoms with Crippen molar-refractivity contribution in [3.8, 4) is 0 Å². The van der Waals surface area contributed by atoms with Gasteiger partial charge in [-0.3, -0.25) is 14.9 Å². The Labute approximate surface area is 105 Å². The Morgan fingerprint density at radius 2 is 2.28 bits per heavy atom. The van der Waals surface area contributed by atoms with E-state index in [4.69, 9.17) is 0 Å². The molecule has 94 valence electrons. The predicted octanol–water partition coefficient (Wildman–Crippen LogP) is 1.12. The van der Waals surface area contributed by atoms with E-state index in [9.17, 15) is 4.79 Å². The van der Waals surface area contributed by atoms with Crippen LogP contribution in [-0.4, -0.2) is 40.1 Å². The van der Waals surface area contributed by atoms with E-state index in [0.29, 0.717) is 11.5 Å². The minimum atomic E-state index is -0.265. The molecule has 0 spiro atoms. The van der Waals surface area contributed by atoms with Crippen LogP contribution in [0.5, 0.6) is 0 Å². The summed E-state index contributed by atoms with van der Waals surface area (Å²) in [6.45, 7) is 0.743. The van der Waals surface area contributed by atoms with Crippen LogP contribution >= 0.6 is 0 Å². The Morgan fingerprint density at radius 1 is 1.44 bits per heavy atom. The van der Waals surface area contributed by atoms with Crippen molar-refractivity contribution in [3.63, 3.8) is 0 Å². The number of aromatic amines is 1. The molecule has 0 aromatic carbocycles. The highest BCUT2D eigenvalue weighted by Gasteiger charge is 2.09. The summed E-state index contributed by atoms with van der Waals surface area (Å²) in [6, 6.07) is 6.99. The van der Waals surface area contributed by atoms with Crippen LogP contribution in [0.15, 0.2) is 30.5 Å². The van der Waals surface area contributed by atoms with Crippen molar-refractivity contribution < 1.29 is 4.79 Å². The van der Waals surface area contributed by atoms with E-state index in [1.54, 1.807) is 30.5 Å². The molecule has 18 heavy (non-hydrogen) atoms. The fraction of sp³-hybridized carbons (Fsp3) is 0.250. The lowest BCUT2D eigenvalue weighted by molar-refractivity contribution is 0.102. The van der Waals surface area contributed by atoms with Crippen LogP contribution < -0.4 is 5.32 Å². The molecule has 0 bridgehead atoms. The number of aromatic nitrogens is 3. The second-order valence-electron chi connectivity index (χ2n) is 4.19. The topological polar surface area (TPSA) is 73.9 Å². The average Bonchev–Trinajstić information content (AvgIpc) is 2.76. The maximum absolute atomic E-state index is 11.8. The molecule has 2 heterocycles. The van der Waals surface area contributed by atoms with E-state index in [2.05, 4.69) is 20.5 Å². The Balaban J connectivity index is 2.01. The maximum Gasteiger partial charge on any atom is 0.275 e. The Morgan fingerprint density at radius 3 is 2.94 bits per heavy atom. The van der Waals surface area contributed by atoms with Gasteiger partial charge in [0.1, 0.15) is 5.69 Å². The normalized spacial score (nSPS) is 10.6. The molecule has 0 aliphatic carbocycles. The number of carbonyl (C=O) groups excluding carboxylic acids is 1. The number of hydrogen-bond donors (Lipinski definition) is 2. The highest BCUT2D eigenvalue weighted by Crippen LogP contribution is 2.08. The van der Waals surface area contributed by atoms with Gasteiger partial charge in [-0.2, -0.15) is 5.10 Å². The van der Waals surface area contributed by atoms with Gasteiger partial charge in [0.25, 0.3) is 5.91 Å².